The Labute approximate surface area is 198 Å². The molecule has 0 unspecified atom stereocenters. The monoisotopic (exact) mass is 470 g/mol. The molecule has 2 aliphatic heterocycles. The molecule has 8 nitrogen and oxygen atoms in total. The van der Waals surface area contributed by atoms with Gasteiger partial charge in [-0.15, -0.1) is 0 Å². The summed E-state index contributed by atoms with van der Waals surface area (Å²) >= 11 is 0. The van der Waals surface area contributed by atoms with Crippen LogP contribution in [0.2, 0.25) is 0 Å². The number of likely N-dealkylation sites (N-methyl/N-ethyl adjacent to an activating group) is 1. The van der Waals surface area contributed by atoms with Gasteiger partial charge < -0.3 is 29.3 Å². The van der Waals surface area contributed by atoms with Crippen molar-refractivity contribution in [1.29, 1.82) is 0 Å². The number of aliphatic hydroxyl groups is 2. The van der Waals surface area contributed by atoms with E-state index < -0.39 is 42.6 Å². The average molecular weight is 471 g/mol. The van der Waals surface area contributed by atoms with Crippen LogP contribution in [0.1, 0.15) is 54.4 Å². The molecule has 0 radical (unpaired) electrons. The number of ketones is 1. The number of ether oxygens (including phenoxy) is 3. The van der Waals surface area contributed by atoms with Crippen LogP contribution in [0, 0.1) is 23.7 Å². The minimum atomic E-state index is -0.902. The van der Waals surface area contributed by atoms with E-state index in [1.165, 1.54) is 6.08 Å². The summed E-state index contributed by atoms with van der Waals surface area (Å²) in [4.78, 5) is 26.9. The lowest BCUT2D eigenvalue weighted by Crippen LogP contribution is -3.12. The Morgan fingerprint density at radius 3 is 2.33 bits per heavy atom. The summed E-state index contributed by atoms with van der Waals surface area (Å²) in [7, 11) is 3.97. The largest absolute Gasteiger partial charge is 0.459 e. The summed E-state index contributed by atoms with van der Waals surface area (Å²) in [6.45, 7) is 10.9. The summed E-state index contributed by atoms with van der Waals surface area (Å²) < 4.78 is 18.0. The lowest BCUT2D eigenvalue weighted by molar-refractivity contribution is -0.893. The number of hydrogen-bond acceptors (Lipinski definition) is 7. The van der Waals surface area contributed by atoms with Gasteiger partial charge in [-0.05, 0) is 39.2 Å². The molecular formula is C25H44NO7+. The summed E-state index contributed by atoms with van der Waals surface area (Å²) in [5.74, 6) is -1.96. The number of quaternary nitrogens is 1. The smallest absolute Gasteiger partial charge is 0.311 e. The molecule has 0 aromatic rings. The fourth-order valence-corrected chi connectivity index (χ4v) is 4.99. The molecule has 190 valence electrons. The van der Waals surface area contributed by atoms with Crippen molar-refractivity contribution in [2.24, 2.45) is 23.7 Å². The van der Waals surface area contributed by atoms with Crippen LogP contribution < -0.4 is 4.90 Å². The number of nitrogens with one attached hydrogen (secondary N) is 1. The quantitative estimate of drug-likeness (QED) is 0.521. The molecule has 0 amide bonds. The number of hydrogen-bond donors (Lipinski definition) is 3. The molecule has 8 heteroatoms. The minimum Gasteiger partial charge on any atom is -0.459 e. The van der Waals surface area contributed by atoms with Crippen LogP contribution in [0.25, 0.3) is 0 Å². The molecule has 0 aromatic heterocycles. The van der Waals surface area contributed by atoms with Gasteiger partial charge in [0.15, 0.2) is 18.2 Å². The summed E-state index contributed by atoms with van der Waals surface area (Å²) in [5, 5.41) is 21.2. The second-order valence-electron chi connectivity index (χ2n) is 10.5. The highest BCUT2D eigenvalue weighted by Gasteiger charge is 2.44. The fraction of sp³-hybridized carbons (Fsp3) is 0.840. The predicted octanol–water partition coefficient (Wildman–Crippen LogP) is 0.747. The Morgan fingerprint density at radius 1 is 1.12 bits per heavy atom. The molecule has 33 heavy (non-hydrogen) atoms. The number of aliphatic hydroxyl groups excluding tert-OH is 2. The maximum absolute atomic E-state index is 13.1. The topological polar surface area (TPSA) is 107 Å². The molecule has 0 aliphatic carbocycles. The van der Waals surface area contributed by atoms with Crippen molar-refractivity contribution >= 4 is 11.8 Å². The highest BCUT2D eigenvalue weighted by molar-refractivity contribution is 5.91. The van der Waals surface area contributed by atoms with Crippen LogP contribution in [0.5, 0.6) is 0 Å². The predicted molar refractivity (Wildman–Crippen MR) is 123 cm³/mol. The van der Waals surface area contributed by atoms with Gasteiger partial charge in [-0.2, -0.15) is 0 Å². The first-order chi connectivity index (χ1) is 15.3. The molecule has 0 bridgehead atoms. The Hall–Kier alpha value is -1.32. The van der Waals surface area contributed by atoms with Crippen LogP contribution in [0.4, 0.5) is 0 Å². The zero-order chi connectivity index (χ0) is 25.0. The average Bonchev–Trinajstić information content (AvgIpc) is 2.73. The zero-order valence-corrected chi connectivity index (χ0v) is 21.4. The van der Waals surface area contributed by atoms with Gasteiger partial charge in [0.05, 0.1) is 38.3 Å². The third-order valence-electron chi connectivity index (χ3n) is 7.12. The number of allylic oxidation sites excluding steroid dienone is 1. The summed E-state index contributed by atoms with van der Waals surface area (Å²) in [6, 6.07) is -0.0614. The molecule has 0 spiro atoms. The van der Waals surface area contributed by atoms with Crippen molar-refractivity contribution < 1.29 is 38.9 Å². The molecule has 2 rings (SSSR count). The van der Waals surface area contributed by atoms with Gasteiger partial charge in [-0.1, -0.05) is 26.8 Å². The van der Waals surface area contributed by atoms with E-state index in [0.717, 1.165) is 4.90 Å². The van der Waals surface area contributed by atoms with Crippen LogP contribution >= 0.6 is 0 Å². The number of carbonyl (C=O) groups is 2. The van der Waals surface area contributed by atoms with E-state index in [1.54, 1.807) is 19.9 Å². The highest BCUT2D eigenvalue weighted by atomic mass is 16.7. The van der Waals surface area contributed by atoms with E-state index in [0.29, 0.717) is 12.8 Å². The van der Waals surface area contributed by atoms with Crippen LogP contribution in [-0.4, -0.2) is 78.9 Å². The van der Waals surface area contributed by atoms with Crippen molar-refractivity contribution in [3.63, 3.8) is 0 Å². The lowest BCUT2D eigenvalue weighted by atomic mass is 9.84. The molecule has 11 atom stereocenters. The lowest BCUT2D eigenvalue weighted by Gasteiger charge is -2.42. The zero-order valence-electron chi connectivity index (χ0n) is 21.4. The normalized spacial score (nSPS) is 43.4. The van der Waals surface area contributed by atoms with E-state index in [4.69, 9.17) is 14.2 Å². The van der Waals surface area contributed by atoms with Crippen molar-refractivity contribution in [1.82, 2.24) is 0 Å². The van der Waals surface area contributed by atoms with E-state index in [9.17, 15) is 19.8 Å². The van der Waals surface area contributed by atoms with E-state index in [-0.39, 0.29) is 35.7 Å². The first-order valence-electron chi connectivity index (χ1n) is 12.2. The first-order valence-corrected chi connectivity index (χ1v) is 12.2. The van der Waals surface area contributed by atoms with E-state index in [2.05, 4.69) is 0 Å². The van der Waals surface area contributed by atoms with Crippen molar-refractivity contribution in [2.75, 3.05) is 14.1 Å². The van der Waals surface area contributed by atoms with Crippen LogP contribution in [0.3, 0.4) is 0 Å². The van der Waals surface area contributed by atoms with Gasteiger partial charge in [-0.3, -0.25) is 9.59 Å². The highest BCUT2D eigenvalue weighted by Crippen LogP contribution is 2.31. The molecule has 1 saturated heterocycles. The maximum Gasteiger partial charge on any atom is 0.311 e. The summed E-state index contributed by atoms with van der Waals surface area (Å²) in [5.41, 5.74) is 0. The second-order valence-corrected chi connectivity index (χ2v) is 10.5. The fourth-order valence-electron chi connectivity index (χ4n) is 4.99. The van der Waals surface area contributed by atoms with Crippen molar-refractivity contribution in [3.8, 4) is 0 Å². The Kier molecular flexibility index (Phi) is 10.1. The van der Waals surface area contributed by atoms with Gasteiger partial charge in [0.1, 0.15) is 12.1 Å². The number of rotatable bonds is 4. The number of carbonyl (C=O) groups excluding carboxylic acids is 2. The van der Waals surface area contributed by atoms with E-state index in [1.807, 2.05) is 41.8 Å². The Bertz CT molecular complexity index is 694. The minimum absolute atomic E-state index is 0.0183. The molecular weight excluding hydrogens is 426 g/mol. The first kappa shape index (κ1) is 27.9. The second kappa shape index (κ2) is 11.9. The van der Waals surface area contributed by atoms with E-state index >= 15 is 0 Å². The molecule has 3 N–H and O–H groups in total. The van der Waals surface area contributed by atoms with Crippen molar-refractivity contribution in [2.45, 2.75) is 97.2 Å². The number of cyclic esters (lactones) is 1. The molecule has 1 fully saturated rings. The van der Waals surface area contributed by atoms with Gasteiger partial charge in [0.2, 0.25) is 0 Å². The third kappa shape index (κ3) is 7.09. The van der Waals surface area contributed by atoms with Crippen LogP contribution in [0.15, 0.2) is 12.2 Å². The van der Waals surface area contributed by atoms with Gasteiger partial charge in [0, 0.05) is 18.3 Å². The van der Waals surface area contributed by atoms with Crippen molar-refractivity contribution in [3.05, 3.63) is 12.2 Å². The van der Waals surface area contributed by atoms with Crippen LogP contribution in [-0.2, 0) is 23.8 Å². The SMILES string of the molecule is C[C@@H]1C[C@H]([NH+](C)C)[C@@H](O)[C@H](O[C@H]2[C@@H](C)C[C@@H](C)C(=O)/C=C/[C@@H](C)[C@@H]([C@@H](C)O)OC(=O)[C@@H]2C)O1. The number of esters is 1. The molecule has 2 aliphatic rings. The van der Waals surface area contributed by atoms with Gasteiger partial charge in [-0.25, -0.2) is 0 Å². The van der Waals surface area contributed by atoms with Gasteiger partial charge >= 0.3 is 5.97 Å². The Morgan fingerprint density at radius 2 is 1.76 bits per heavy atom. The standard InChI is InChI=1S/C25H43NO7/c1-13-9-10-20(28)14(2)11-15(3)22(17(5)24(30)32-23(13)18(6)27)33-25-21(29)19(26(7)8)12-16(4)31-25/h9-10,13-19,21-23,25,27,29H,11-12H2,1-8H3/p+1/b10-9+/t13-,14-,15+,16-,17-,18-,19+,21-,22+,23+,25+/m1/s1. The van der Waals surface area contributed by atoms with Gasteiger partial charge in [0.25, 0.3) is 0 Å². The Balaban J connectivity index is 2.35. The maximum atomic E-state index is 13.1. The molecule has 0 saturated carbocycles. The summed E-state index contributed by atoms with van der Waals surface area (Å²) in [6.07, 6.45) is 0.272. The third-order valence-corrected chi connectivity index (χ3v) is 7.12. The molecule has 2 heterocycles. The molecule has 0 aromatic carbocycles.